The Kier molecular flexibility index (Phi) is 6.11. The lowest BCUT2D eigenvalue weighted by molar-refractivity contribution is 0.0125. The summed E-state index contributed by atoms with van der Waals surface area (Å²) in [6, 6.07) is 13.2. The summed E-state index contributed by atoms with van der Waals surface area (Å²) in [5, 5.41) is 18.5. The van der Waals surface area contributed by atoms with Crippen molar-refractivity contribution in [3.63, 3.8) is 0 Å². The van der Waals surface area contributed by atoms with Crippen molar-refractivity contribution in [1.82, 2.24) is 34.3 Å². The summed E-state index contributed by atoms with van der Waals surface area (Å²) in [7, 11) is 3.50. The summed E-state index contributed by atoms with van der Waals surface area (Å²) in [5.74, 6) is 8.11. The SMILES string of the molecule is COc1cc(C#CCN2C3CC2CN(c2ccc(-c4cc(-c5cnn(C)c5)cn5ncc(C#N)c45)cn2)C3)ccn1. The Labute approximate surface area is 237 Å². The number of piperazine rings is 1. The molecule has 10 heteroatoms. The number of ether oxygens (including phenoxy) is 1. The molecule has 0 saturated carbocycles. The molecule has 0 amide bonds. The first-order valence-electron chi connectivity index (χ1n) is 13.5. The van der Waals surface area contributed by atoms with Gasteiger partial charge in [0.2, 0.25) is 5.88 Å². The average molecular weight is 542 g/mol. The van der Waals surface area contributed by atoms with Gasteiger partial charge < -0.3 is 9.64 Å². The molecule has 8 rings (SSSR count). The van der Waals surface area contributed by atoms with Crippen LogP contribution in [-0.4, -0.2) is 73.1 Å². The van der Waals surface area contributed by atoms with E-state index in [-0.39, 0.29) is 0 Å². The highest BCUT2D eigenvalue weighted by molar-refractivity contribution is 5.87. The molecule has 2 unspecified atom stereocenters. The van der Waals surface area contributed by atoms with Crippen molar-refractivity contribution >= 4 is 11.3 Å². The Morgan fingerprint density at radius 1 is 0.976 bits per heavy atom. The van der Waals surface area contributed by atoms with Crippen LogP contribution in [0.3, 0.4) is 0 Å². The van der Waals surface area contributed by atoms with Crippen molar-refractivity contribution in [2.75, 3.05) is 31.6 Å². The van der Waals surface area contributed by atoms with Gasteiger partial charge in [-0.25, -0.2) is 14.5 Å². The summed E-state index contributed by atoms with van der Waals surface area (Å²) in [6.45, 7) is 2.60. The number of piperidine rings is 1. The van der Waals surface area contributed by atoms with Crippen LogP contribution in [0, 0.1) is 23.2 Å². The van der Waals surface area contributed by atoms with Crippen molar-refractivity contribution in [2.45, 2.75) is 18.5 Å². The van der Waals surface area contributed by atoms with Crippen molar-refractivity contribution in [1.29, 1.82) is 5.26 Å². The predicted molar refractivity (Wildman–Crippen MR) is 154 cm³/mol. The van der Waals surface area contributed by atoms with Gasteiger partial charge in [-0.15, -0.1) is 0 Å². The number of hydrogen-bond acceptors (Lipinski definition) is 8. The minimum Gasteiger partial charge on any atom is -0.481 e. The molecule has 3 saturated heterocycles. The first-order valence-corrected chi connectivity index (χ1v) is 13.5. The van der Waals surface area contributed by atoms with Crippen LogP contribution >= 0.6 is 0 Å². The van der Waals surface area contributed by atoms with E-state index in [1.807, 2.05) is 44.0 Å². The number of rotatable bonds is 5. The molecule has 3 aliphatic rings. The van der Waals surface area contributed by atoms with Gasteiger partial charge in [-0.1, -0.05) is 11.8 Å². The van der Waals surface area contributed by atoms with E-state index in [0.717, 1.165) is 58.8 Å². The highest BCUT2D eigenvalue weighted by Crippen LogP contribution is 2.35. The average Bonchev–Trinajstić information content (AvgIpc) is 3.65. The van der Waals surface area contributed by atoms with Gasteiger partial charge in [0.1, 0.15) is 11.9 Å². The van der Waals surface area contributed by atoms with Crippen LogP contribution in [0.5, 0.6) is 5.88 Å². The van der Waals surface area contributed by atoms with Crippen LogP contribution in [0.25, 0.3) is 27.8 Å². The lowest BCUT2D eigenvalue weighted by Crippen LogP contribution is -2.68. The van der Waals surface area contributed by atoms with E-state index in [4.69, 9.17) is 9.72 Å². The van der Waals surface area contributed by atoms with Gasteiger partial charge in [-0.05, 0) is 30.7 Å². The van der Waals surface area contributed by atoms with Crippen molar-refractivity contribution in [3.8, 4) is 46.0 Å². The molecular weight excluding hydrogens is 514 g/mol. The fourth-order valence-electron chi connectivity index (χ4n) is 5.85. The van der Waals surface area contributed by atoms with E-state index in [2.05, 4.69) is 61.1 Å². The van der Waals surface area contributed by atoms with Crippen LogP contribution in [0.15, 0.2) is 67.5 Å². The number of aryl methyl sites for hydroxylation is 1. The topological polar surface area (TPSA) is 100 Å². The summed E-state index contributed by atoms with van der Waals surface area (Å²) >= 11 is 0. The molecule has 0 aromatic carbocycles. The fraction of sp³-hybridized carbons (Fsp3) is 0.258. The monoisotopic (exact) mass is 541 g/mol. The molecule has 0 aliphatic carbocycles. The Morgan fingerprint density at radius 3 is 2.59 bits per heavy atom. The maximum absolute atomic E-state index is 9.72. The Morgan fingerprint density at radius 2 is 1.85 bits per heavy atom. The normalized spacial score (nSPS) is 17.9. The Bertz CT molecular complexity index is 1840. The third-order valence-corrected chi connectivity index (χ3v) is 7.94. The van der Waals surface area contributed by atoms with Crippen LogP contribution in [0.2, 0.25) is 0 Å². The zero-order chi connectivity index (χ0) is 27.9. The molecule has 202 valence electrons. The molecule has 2 bridgehead atoms. The van der Waals surface area contributed by atoms with E-state index < -0.39 is 0 Å². The molecule has 2 atom stereocenters. The summed E-state index contributed by atoms with van der Waals surface area (Å²) in [4.78, 5) is 13.9. The summed E-state index contributed by atoms with van der Waals surface area (Å²) in [5.41, 5.74) is 6.02. The third kappa shape index (κ3) is 4.54. The molecule has 10 nitrogen and oxygen atoms in total. The molecule has 5 aromatic rings. The molecule has 0 radical (unpaired) electrons. The third-order valence-electron chi connectivity index (χ3n) is 7.94. The number of hydrogen-bond donors (Lipinski definition) is 0. The summed E-state index contributed by atoms with van der Waals surface area (Å²) < 4.78 is 8.73. The number of aromatic nitrogens is 6. The number of methoxy groups -OCH3 is 1. The lowest BCUT2D eigenvalue weighted by atomic mass is 9.87. The largest absolute Gasteiger partial charge is 0.481 e. The molecule has 0 spiro atoms. The first kappa shape index (κ1) is 24.8. The van der Waals surface area contributed by atoms with Crippen LogP contribution < -0.4 is 9.64 Å². The molecule has 3 fully saturated rings. The van der Waals surface area contributed by atoms with Gasteiger partial charge in [0.25, 0.3) is 0 Å². The minimum atomic E-state index is 0.470. The summed E-state index contributed by atoms with van der Waals surface area (Å²) in [6.07, 6.45) is 12.1. The first-order chi connectivity index (χ1) is 20.1. The number of anilines is 1. The number of nitrogens with zero attached hydrogens (tertiary/aromatic N) is 9. The predicted octanol–water partition coefficient (Wildman–Crippen LogP) is 3.39. The molecular formula is C31H27N9O. The van der Waals surface area contributed by atoms with Gasteiger partial charge in [0.15, 0.2) is 0 Å². The fourth-order valence-corrected chi connectivity index (χ4v) is 5.85. The maximum Gasteiger partial charge on any atom is 0.214 e. The highest BCUT2D eigenvalue weighted by Gasteiger charge is 2.44. The van der Waals surface area contributed by atoms with Gasteiger partial charge >= 0.3 is 0 Å². The molecule has 5 aromatic heterocycles. The molecule has 0 N–H and O–H groups in total. The van der Waals surface area contributed by atoms with Gasteiger partial charge in [-0.2, -0.15) is 15.5 Å². The Hall–Kier alpha value is -5.19. The number of pyridine rings is 3. The smallest absolute Gasteiger partial charge is 0.214 e. The van der Waals surface area contributed by atoms with Crippen LogP contribution in [0.4, 0.5) is 5.82 Å². The van der Waals surface area contributed by atoms with E-state index in [9.17, 15) is 5.26 Å². The van der Waals surface area contributed by atoms with Crippen LogP contribution in [-0.2, 0) is 7.05 Å². The molecule has 41 heavy (non-hydrogen) atoms. The van der Waals surface area contributed by atoms with E-state index in [1.54, 1.807) is 28.7 Å². The van der Waals surface area contributed by atoms with E-state index >= 15 is 0 Å². The second-order valence-electron chi connectivity index (χ2n) is 10.4. The quantitative estimate of drug-likeness (QED) is 0.312. The molecule has 3 aliphatic heterocycles. The van der Waals surface area contributed by atoms with E-state index in [0.29, 0.717) is 23.5 Å². The standard InChI is InChI=1S/C31H27N9O/c1-37-17-25(16-35-37)23-11-28(31-24(13-32)15-36-40(31)18-23)22-5-6-29(34-14-22)38-19-26-12-27(20-38)39(26)9-3-4-21-7-8-33-30(10-21)41-2/h5-8,10-11,14-18,26-27H,9,12,19-20H2,1-2H3. The number of nitriles is 1. The van der Waals surface area contributed by atoms with Gasteiger partial charge in [-0.3, -0.25) is 9.58 Å². The second-order valence-corrected chi connectivity index (χ2v) is 10.4. The minimum absolute atomic E-state index is 0.470. The molecule has 8 heterocycles. The second kappa shape index (κ2) is 10.1. The zero-order valence-corrected chi connectivity index (χ0v) is 22.8. The zero-order valence-electron chi connectivity index (χ0n) is 22.8. The van der Waals surface area contributed by atoms with Gasteiger partial charge in [0.05, 0.1) is 37.1 Å². The highest BCUT2D eigenvalue weighted by atomic mass is 16.5. The van der Waals surface area contributed by atoms with Crippen molar-refractivity contribution in [3.05, 3.63) is 78.6 Å². The Balaban J connectivity index is 1.09. The van der Waals surface area contributed by atoms with Crippen LogP contribution in [0.1, 0.15) is 17.5 Å². The maximum atomic E-state index is 9.72. The van der Waals surface area contributed by atoms with E-state index in [1.165, 1.54) is 6.42 Å². The van der Waals surface area contributed by atoms with Crippen molar-refractivity contribution < 1.29 is 4.74 Å². The van der Waals surface area contributed by atoms with Crippen molar-refractivity contribution in [2.24, 2.45) is 7.05 Å². The van der Waals surface area contributed by atoms with Gasteiger partial charge in [0, 0.05) is 90.9 Å². The number of fused-ring (bicyclic) bond motifs is 3. The lowest BCUT2D eigenvalue weighted by Gasteiger charge is -2.56.